The van der Waals surface area contributed by atoms with Crippen molar-refractivity contribution < 1.29 is 13.2 Å². The molecule has 0 bridgehead atoms. The molecule has 0 aromatic heterocycles. The van der Waals surface area contributed by atoms with E-state index in [1.165, 1.54) is 18.2 Å². The maximum atomic E-state index is 12.1. The number of aryl methyl sites for hydroxylation is 2. The van der Waals surface area contributed by atoms with Crippen LogP contribution in [0, 0.1) is 13.8 Å². The first-order chi connectivity index (χ1) is 11.1. The molecule has 0 saturated carbocycles. The molecule has 2 aromatic carbocycles. The summed E-state index contributed by atoms with van der Waals surface area (Å²) >= 11 is 0. The summed E-state index contributed by atoms with van der Waals surface area (Å²) in [5, 5.41) is 10.5. The molecule has 1 atom stereocenters. The Morgan fingerprint density at radius 1 is 1.08 bits per heavy atom. The highest BCUT2D eigenvalue weighted by Gasteiger charge is 2.12. The van der Waals surface area contributed by atoms with Gasteiger partial charge in [0, 0.05) is 5.69 Å². The first kappa shape index (κ1) is 18.0. The summed E-state index contributed by atoms with van der Waals surface area (Å²) in [6, 6.07) is 11.3. The SMILES string of the molecule is Cc1cc(C)cc([C@H](C)NC(=O)Nc2cccc(S(N)(=O)=O)c2)c1. The molecule has 0 spiro atoms. The lowest BCUT2D eigenvalue weighted by atomic mass is 10.0. The number of sulfonamides is 1. The largest absolute Gasteiger partial charge is 0.331 e. The molecule has 0 unspecified atom stereocenters. The maximum absolute atomic E-state index is 12.1. The number of nitrogens with two attached hydrogens (primary N) is 1. The average Bonchev–Trinajstić information content (AvgIpc) is 2.45. The van der Waals surface area contributed by atoms with E-state index in [0.717, 1.165) is 16.7 Å². The number of hydrogen-bond donors (Lipinski definition) is 3. The summed E-state index contributed by atoms with van der Waals surface area (Å²) < 4.78 is 22.7. The number of urea groups is 1. The lowest BCUT2D eigenvalue weighted by molar-refractivity contribution is 0.249. The second kappa shape index (κ2) is 7.02. The third-order valence-electron chi connectivity index (χ3n) is 3.51. The number of anilines is 1. The van der Waals surface area contributed by atoms with Gasteiger partial charge in [0.2, 0.25) is 10.0 Å². The van der Waals surface area contributed by atoms with E-state index in [-0.39, 0.29) is 10.9 Å². The van der Waals surface area contributed by atoms with Gasteiger partial charge in [-0.1, -0.05) is 35.4 Å². The Hall–Kier alpha value is -2.38. The fraction of sp³-hybridized carbons (Fsp3) is 0.235. The summed E-state index contributed by atoms with van der Waals surface area (Å²) in [5.41, 5.74) is 3.60. The zero-order valence-corrected chi connectivity index (χ0v) is 14.6. The molecule has 24 heavy (non-hydrogen) atoms. The number of primary sulfonamides is 1. The topological polar surface area (TPSA) is 101 Å². The smallest absolute Gasteiger partial charge is 0.319 e. The van der Waals surface area contributed by atoms with Gasteiger partial charge in [-0.15, -0.1) is 0 Å². The first-order valence-corrected chi connectivity index (χ1v) is 8.98. The van der Waals surface area contributed by atoms with Gasteiger partial charge in [-0.2, -0.15) is 0 Å². The molecular formula is C17H21N3O3S. The quantitative estimate of drug-likeness (QED) is 0.792. The monoisotopic (exact) mass is 347 g/mol. The molecule has 4 N–H and O–H groups in total. The van der Waals surface area contributed by atoms with Crippen LogP contribution in [0.4, 0.5) is 10.5 Å². The molecule has 128 valence electrons. The van der Waals surface area contributed by atoms with Crippen molar-refractivity contribution in [3.63, 3.8) is 0 Å². The van der Waals surface area contributed by atoms with Crippen molar-refractivity contribution >= 4 is 21.7 Å². The molecule has 6 nitrogen and oxygen atoms in total. The zero-order chi connectivity index (χ0) is 17.9. The molecule has 0 heterocycles. The molecule has 0 fully saturated rings. The maximum Gasteiger partial charge on any atom is 0.319 e. The van der Waals surface area contributed by atoms with Crippen molar-refractivity contribution in [3.05, 3.63) is 59.2 Å². The Kier molecular flexibility index (Phi) is 5.26. The van der Waals surface area contributed by atoms with Gasteiger partial charge in [-0.25, -0.2) is 18.4 Å². The number of amides is 2. The predicted octanol–water partition coefficient (Wildman–Crippen LogP) is 2.83. The third kappa shape index (κ3) is 4.81. The Bertz CT molecular complexity index is 843. The number of carbonyl (C=O) groups is 1. The molecule has 0 saturated heterocycles. The van der Waals surface area contributed by atoms with Crippen LogP contribution in [-0.4, -0.2) is 14.4 Å². The van der Waals surface area contributed by atoms with E-state index in [1.807, 2.05) is 32.9 Å². The first-order valence-electron chi connectivity index (χ1n) is 7.44. The van der Waals surface area contributed by atoms with E-state index in [9.17, 15) is 13.2 Å². The lowest BCUT2D eigenvalue weighted by Gasteiger charge is -2.16. The molecule has 0 aliphatic rings. The van der Waals surface area contributed by atoms with Crippen LogP contribution in [0.1, 0.15) is 29.7 Å². The van der Waals surface area contributed by atoms with Gasteiger partial charge in [0.15, 0.2) is 0 Å². The van der Waals surface area contributed by atoms with Crippen molar-refractivity contribution in [1.29, 1.82) is 0 Å². The fourth-order valence-electron chi connectivity index (χ4n) is 2.46. The Balaban J connectivity index is 2.08. The highest BCUT2D eigenvalue weighted by Crippen LogP contribution is 2.18. The molecule has 0 aliphatic heterocycles. The molecule has 2 rings (SSSR count). The van der Waals surface area contributed by atoms with E-state index < -0.39 is 16.1 Å². The highest BCUT2D eigenvalue weighted by molar-refractivity contribution is 7.89. The van der Waals surface area contributed by atoms with E-state index in [0.29, 0.717) is 5.69 Å². The highest BCUT2D eigenvalue weighted by atomic mass is 32.2. The van der Waals surface area contributed by atoms with Crippen molar-refractivity contribution in [1.82, 2.24) is 5.32 Å². The summed E-state index contributed by atoms with van der Waals surface area (Å²) in [6.07, 6.45) is 0. The standard InChI is InChI=1S/C17H21N3O3S/c1-11-7-12(2)9-14(8-11)13(3)19-17(21)20-15-5-4-6-16(10-15)24(18,22)23/h4-10,13H,1-3H3,(H2,18,22,23)(H2,19,20,21)/t13-/m0/s1. The molecular weight excluding hydrogens is 326 g/mol. The van der Waals surface area contributed by atoms with Crippen LogP contribution in [0.2, 0.25) is 0 Å². The van der Waals surface area contributed by atoms with E-state index in [1.54, 1.807) is 6.07 Å². The molecule has 0 aliphatic carbocycles. The summed E-state index contributed by atoms with van der Waals surface area (Å²) in [4.78, 5) is 12.1. The normalized spacial score (nSPS) is 12.5. The van der Waals surface area contributed by atoms with Crippen LogP contribution in [-0.2, 0) is 10.0 Å². The zero-order valence-electron chi connectivity index (χ0n) is 13.8. The molecule has 0 radical (unpaired) electrons. The Labute approximate surface area is 142 Å². The van der Waals surface area contributed by atoms with Crippen molar-refractivity contribution in [2.75, 3.05) is 5.32 Å². The van der Waals surface area contributed by atoms with Gasteiger partial charge < -0.3 is 10.6 Å². The van der Waals surface area contributed by atoms with E-state index in [4.69, 9.17) is 5.14 Å². The predicted molar refractivity (Wildman–Crippen MR) is 94.3 cm³/mol. The van der Waals surface area contributed by atoms with Crippen LogP contribution in [0.15, 0.2) is 47.4 Å². The lowest BCUT2D eigenvalue weighted by Crippen LogP contribution is -2.31. The summed E-state index contributed by atoms with van der Waals surface area (Å²) in [7, 11) is -3.81. The van der Waals surface area contributed by atoms with E-state index >= 15 is 0 Å². The minimum absolute atomic E-state index is 0.0531. The van der Waals surface area contributed by atoms with Crippen molar-refractivity contribution in [3.8, 4) is 0 Å². The van der Waals surface area contributed by atoms with Crippen LogP contribution >= 0.6 is 0 Å². The van der Waals surface area contributed by atoms with Gasteiger partial charge in [-0.05, 0) is 44.5 Å². The van der Waals surface area contributed by atoms with Gasteiger partial charge >= 0.3 is 6.03 Å². The van der Waals surface area contributed by atoms with Crippen molar-refractivity contribution in [2.24, 2.45) is 5.14 Å². The van der Waals surface area contributed by atoms with Gasteiger partial charge in [0.25, 0.3) is 0 Å². The minimum Gasteiger partial charge on any atom is -0.331 e. The summed E-state index contributed by atoms with van der Waals surface area (Å²) in [6.45, 7) is 5.89. The number of carbonyl (C=O) groups excluding carboxylic acids is 1. The van der Waals surface area contributed by atoms with Gasteiger partial charge in [-0.3, -0.25) is 0 Å². The fourth-order valence-corrected chi connectivity index (χ4v) is 3.02. The Morgan fingerprint density at radius 2 is 1.71 bits per heavy atom. The van der Waals surface area contributed by atoms with Gasteiger partial charge in [0.1, 0.15) is 0 Å². The van der Waals surface area contributed by atoms with Crippen LogP contribution in [0.5, 0.6) is 0 Å². The van der Waals surface area contributed by atoms with Crippen molar-refractivity contribution in [2.45, 2.75) is 31.7 Å². The number of nitrogens with one attached hydrogen (secondary N) is 2. The molecule has 7 heteroatoms. The number of rotatable bonds is 4. The van der Waals surface area contributed by atoms with Crippen LogP contribution in [0.3, 0.4) is 0 Å². The molecule has 2 amide bonds. The second-order valence-corrected chi connectivity index (χ2v) is 7.38. The minimum atomic E-state index is -3.81. The number of benzene rings is 2. The molecule has 2 aromatic rings. The average molecular weight is 347 g/mol. The third-order valence-corrected chi connectivity index (χ3v) is 4.42. The van der Waals surface area contributed by atoms with E-state index in [2.05, 4.69) is 16.7 Å². The Morgan fingerprint density at radius 3 is 2.29 bits per heavy atom. The second-order valence-electron chi connectivity index (χ2n) is 5.81. The summed E-state index contributed by atoms with van der Waals surface area (Å²) in [5.74, 6) is 0. The number of hydrogen-bond acceptors (Lipinski definition) is 3. The van der Waals surface area contributed by atoms with Crippen LogP contribution in [0.25, 0.3) is 0 Å². The van der Waals surface area contributed by atoms with Gasteiger partial charge in [0.05, 0.1) is 10.9 Å². The van der Waals surface area contributed by atoms with Crippen LogP contribution < -0.4 is 15.8 Å².